The molecule has 1 amide bonds. The second-order valence-corrected chi connectivity index (χ2v) is 5.00. The maximum absolute atomic E-state index is 11.7. The van der Waals surface area contributed by atoms with Crippen LogP contribution in [0.25, 0.3) is 0 Å². The Bertz CT molecular complexity index is 595. The lowest BCUT2D eigenvalue weighted by Crippen LogP contribution is -2.17. The predicted octanol–water partition coefficient (Wildman–Crippen LogP) is 2.87. The van der Waals surface area contributed by atoms with E-state index in [-0.39, 0.29) is 5.91 Å². The minimum Gasteiger partial charge on any atom is -0.267 e. The third-order valence-corrected chi connectivity index (χ3v) is 3.11. The summed E-state index contributed by atoms with van der Waals surface area (Å²) in [6, 6.07) is 6.67. The number of rotatable bonds is 3. The van der Waals surface area contributed by atoms with Crippen molar-refractivity contribution < 1.29 is 4.79 Å². The Kier molecular flexibility index (Phi) is 4.07. The number of thiazole rings is 1. The van der Waals surface area contributed by atoms with Gasteiger partial charge in [0.25, 0.3) is 5.91 Å². The number of aromatic nitrogens is 1. The zero-order valence-electron chi connectivity index (χ0n) is 9.55. The molecule has 0 aliphatic carbocycles. The molecule has 1 aromatic heterocycles. The van der Waals surface area contributed by atoms with Gasteiger partial charge in [-0.3, -0.25) is 4.79 Å². The van der Waals surface area contributed by atoms with Crippen LogP contribution in [0, 0.1) is 6.92 Å². The lowest BCUT2D eigenvalue weighted by Gasteiger charge is -1.99. The number of nitrogens with zero attached hydrogens (tertiary/aromatic N) is 2. The van der Waals surface area contributed by atoms with Crippen molar-refractivity contribution in [2.75, 3.05) is 0 Å². The Hall–Kier alpha value is -1.72. The van der Waals surface area contributed by atoms with Crippen LogP contribution in [0.2, 0.25) is 5.02 Å². The number of halogens is 1. The van der Waals surface area contributed by atoms with E-state index in [1.807, 2.05) is 12.3 Å². The zero-order valence-corrected chi connectivity index (χ0v) is 11.1. The molecule has 6 heteroatoms. The molecule has 0 spiro atoms. The van der Waals surface area contributed by atoms with Gasteiger partial charge in [-0.2, -0.15) is 5.10 Å². The molecule has 0 aliphatic rings. The smallest absolute Gasteiger partial charge is 0.267 e. The highest BCUT2D eigenvalue weighted by atomic mass is 35.5. The summed E-state index contributed by atoms with van der Waals surface area (Å²) in [5, 5.41) is 7.17. The Labute approximate surface area is 113 Å². The van der Waals surface area contributed by atoms with E-state index in [0.717, 1.165) is 10.7 Å². The summed E-state index contributed by atoms with van der Waals surface area (Å²) in [5.41, 5.74) is 3.61. The predicted molar refractivity (Wildman–Crippen MR) is 73.4 cm³/mol. The maximum Gasteiger partial charge on any atom is 0.271 e. The standard InChI is InChI=1S/C12H10ClN3OS/c1-8-15-11(7-18-8)6-14-16-12(17)9-3-2-4-10(13)5-9/h2-7H,1H3,(H,16,17)/b14-6-. The highest BCUT2D eigenvalue weighted by Crippen LogP contribution is 2.10. The number of hydrogen-bond donors (Lipinski definition) is 1. The lowest BCUT2D eigenvalue weighted by molar-refractivity contribution is 0.0955. The molecule has 2 aromatic rings. The van der Waals surface area contributed by atoms with Crippen LogP contribution in [-0.4, -0.2) is 17.1 Å². The first-order chi connectivity index (χ1) is 8.65. The van der Waals surface area contributed by atoms with Gasteiger partial charge in [0.05, 0.1) is 16.9 Å². The monoisotopic (exact) mass is 279 g/mol. The van der Waals surface area contributed by atoms with E-state index in [9.17, 15) is 4.79 Å². The van der Waals surface area contributed by atoms with Gasteiger partial charge in [-0.25, -0.2) is 10.4 Å². The third-order valence-electron chi connectivity index (χ3n) is 2.09. The Morgan fingerprint density at radius 3 is 3.06 bits per heavy atom. The fourth-order valence-electron chi connectivity index (χ4n) is 1.29. The van der Waals surface area contributed by atoms with E-state index < -0.39 is 0 Å². The highest BCUT2D eigenvalue weighted by Gasteiger charge is 2.03. The number of amides is 1. The third kappa shape index (κ3) is 3.38. The molecule has 0 unspecified atom stereocenters. The van der Waals surface area contributed by atoms with Crippen LogP contribution in [0.5, 0.6) is 0 Å². The molecule has 0 bridgehead atoms. The second kappa shape index (κ2) is 5.75. The van der Waals surface area contributed by atoms with Crippen molar-refractivity contribution in [3.63, 3.8) is 0 Å². The average molecular weight is 280 g/mol. The first kappa shape index (κ1) is 12.7. The van der Waals surface area contributed by atoms with Crippen molar-refractivity contribution in [2.24, 2.45) is 5.10 Å². The van der Waals surface area contributed by atoms with Crippen molar-refractivity contribution >= 4 is 35.1 Å². The molecule has 2 rings (SSSR count). The van der Waals surface area contributed by atoms with Crippen LogP contribution < -0.4 is 5.43 Å². The minimum absolute atomic E-state index is 0.305. The van der Waals surface area contributed by atoms with Crippen LogP contribution in [0.4, 0.5) is 0 Å². The van der Waals surface area contributed by atoms with Gasteiger partial charge in [0, 0.05) is 16.0 Å². The topological polar surface area (TPSA) is 54.4 Å². The summed E-state index contributed by atoms with van der Waals surface area (Å²) in [5.74, 6) is -0.305. The highest BCUT2D eigenvalue weighted by molar-refractivity contribution is 7.09. The van der Waals surface area contributed by atoms with E-state index >= 15 is 0 Å². The molecule has 0 radical (unpaired) electrons. The number of hydrogen-bond acceptors (Lipinski definition) is 4. The number of carbonyl (C=O) groups excluding carboxylic acids is 1. The van der Waals surface area contributed by atoms with Gasteiger partial charge in [0.2, 0.25) is 0 Å². The summed E-state index contributed by atoms with van der Waals surface area (Å²) in [7, 11) is 0. The SMILES string of the molecule is Cc1nc(/C=N\NC(=O)c2cccc(Cl)c2)cs1. The molecule has 18 heavy (non-hydrogen) atoms. The molecule has 0 aliphatic heterocycles. The number of hydrazone groups is 1. The molecule has 0 atom stereocenters. The Balaban J connectivity index is 1.98. The molecular weight excluding hydrogens is 270 g/mol. The molecule has 92 valence electrons. The number of aryl methyl sites for hydroxylation is 1. The van der Waals surface area contributed by atoms with E-state index in [1.165, 1.54) is 17.6 Å². The Morgan fingerprint density at radius 1 is 1.56 bits per heavy atom. The normalized spacial score (nSPS) is 10.8. The van der Waals surface area contributed by atoms with Crippen LogP contribution >= 0.6 is 22.9 Å². The summed E-state index contributed by atoms with van der Waals surface area (Å²) in [6.45, 7) is 1.91. The molecule has 1 N–H and O–H groups in total. The average Bonchev–Trinajstić information content (AvgIpc) is 2.75. The molecule has 0 saturated heterocycles. The summed E-state index contributed by atoms with van der Waals surface area (Å²) in [6.07, 6.45) is 1.51. The van der Waals surface area contributed by atoms with Gasteiger partial charge >= 0.3 is 0 Å². The van der Waals surface area contributed by atoms with Gasteiger partial charge in [0.15, 0.2) is 0 Å². The van der Waals surface area contributed by atoms with E-state index in [1.54, 1.807) is 24.3 Å². The number of nitrogens with one attached hydrogen (secondary N) is 1. The van der Waals surface area contributed by atoms with Gasteiger partial charge < -0.3 is 0 Å². The van der Waals surface area contributed by atoms with Crippen molar-refractivity contribution in [1.29, 1.82) is 0 Å². The van der Waals surface area contributed by atoms with Crippen LogP contribution in [0.1, 0.15) is 21.1 Å². The molecule has 4 nitrogen and oxygen atoms in total. The molecular formula is C12H10ClN3OS. The number of carbonyl (C=O) groups is 1. The van der Waals surface area contributed by atoms with Gasteiger partial charge in [-0.15, -0.1) is 11.3 Å². The molecule has 0 fully saturated rings. The minimum atomic E-state index is -0.305. The summed E-state index contributed by atoms with van der Waals surface area (Å²) >= 11 is 7.32. The van der Waals surface area contributed by atoms with Crippen LogP contribution in [-0.2, 0) is 0 Å². The first-order valence-electron chi connectivity index (χ1n) is 5.16. The van der Waals surface area contributed by atoms with Gasteiger partial charge in [-0.1, -0.05) is 17.7 Å². The molecule has 1 heterocycles. The zero-order chi connectivity index (χ0) is 13.0. The van der Waals surface area contributed by atoms with E-state index in [0.29, 0.717) is 10.6 Å². The first-order valence-corrected chi connectivity index (χ1v) is 6.42. The fraction of sp³-hybridized carbons (Fsp3) is 0.0833. The Morgan fingerprint density at radius 2 is 2.39 bits per heavy atom. The largest absolute Gasteiger partial charge is 0.271 e. The van der Waals surface area contributed by atoms with E-state index in [4.69, 9.17) is 11.6 Å². The van der Waals surface area contributed by atoms with Gasteiger partial charge in [0.1, 0.15) is 0 Å². The lowest BCUT2D eigenvalue weighted by atomic mass is 10.2. The van der Waals surface area contributed by atoms with Gasteiger partial charge in [-0.05, 0) is 25.1 Å². The quantitative estimate of drug-likeness (QED) is 0.694. The van der Waals surface area contributed by atoms with Crippen molar-refractivity contribution in [1.82, 2.24) is 10.4 Å². The second-order valence-electron chi connectivity index (χ2n) is 3.50. The van der Waals surface area contributed by atoms with E-state index in [2.05, 4.69) is 15.5 Å². The summed E-state index contributed by atoms with van der Waals surface area (Å²) < 4.78 is 0. The van der Waals surface area contributed by atoms with Crippen molar-refractivity contribution in [3.05, 3.63) is 50.9 Å². The van der Waals surface area contributed by atoms with Crippen molar-refractivity contribution in [3.8, 4) is 0 Å². The van der Waals surface area contributed by atoms with Crippen molar-refractivity contribution in [2.45, 2.75) is 6.92 Å². The number of benzene rings is 1. The van der Waals surface area contributed by atoms with Crippen LogP contribution in [0.3, 0.4) is 0 Å². The maximum atomic E-state index is 11.7. The summed E-state index contributed by atoms with van der Waals surface area (Å²) in [4.78, 5) is 15.9. The van der Waals surface area contributed by atoms with Crippen LogP contribution in [0.15, 0.2) is 34.7 Å². The molecule has 1 aromatic carbocycles. The fourth-order valence-corrected chi connectivity index (χ4v) is 2.04. The molecule has 0 saturated carbocycles.